The van der Waals surface area contributed by atoms with Crippen molar-refractivity contribution in [3.63, 3.8) is 0 Å². The average molecular weight is 252 g/mol. The summed E-state index contributed by atoms with van der Waals surface area (Å²) >= 11 is 3.07. The van der Waals surface area contributed by atoms with E-state index in [9.17, 15) is 8.78 Å². The van der Waals surface area contributed by atoms with Crippen LogP contribution >= 0.6 is 15.9 Å². The first-order valence-electron chi connectivity index (χ1n) is 3.85. The van der Waals surface area contributed by atoms with Crippen LogP contribution < -0.4 is 5.73 Å². The van der Waals surface area contributed by atoms with E-state index in [0.717, 1.165) is 0 Å². The molecular weight excluding hydrogens is 244 g/mol. The Bertz CT molecular complexity index is 339. The molecule has 1 heterocycles. The first-order chi connectivity index (χ1) is 6.02. The fourth-order valence-electron chi connectivity index (χ4n) is 1.50. The first kappa shape index (κ1) is 9.15. The van der Waals surface area contributed by atoms with Crippen LogP contribution in [0.15, 0.2) is 21.2 Å². The standard InChI is InChI=1S/C8H8BrF2NO/c9-6-2-1-5(13-6)7(4-12)3-8(7,10)11/h1-2H,3-4,12H2. The monoisotopic (exact) mass is 251 g/mol. The smallest absolute Gasteiger partial charge is 0.263 e. The van der Waals surface area contributed by atoms with Gasteiger partial charge in [0.05, 0.1) is 0 Å². The molecule has 0 aliphatic heterocycles. The van der Waals surface area contributed by atoms with Gasteiger partial charge in [-0.05, 0) is 28.1 Å². The summed E-state index contributed by atoms with van der Waals surface area (Å²) in [4.78, 5) is 0. The van der Waals surface area contributed by atoms with Gasteiger partial charge < -0.3 is 10.2 Å². The van der Waals surface area contributed by atoms with Crippen LogP contribution in [0.4, 0.5) is 8.78 Å². The molecule has 1 unspecified atom stereocenters. The number of halogens is 3. The Morgan fingerprint density at radius 3 is 2.46 bits per heavy atom. The van der Waals surface area contributed by atoms with E-state index in [1.807, 2.05) is 0 Å². The molecule has 1 saturated carbocycles. The fraction of sp³-hybridized carbons (Fsp3) is 0.500. The molecule has 0 saturated heterocycles. The van der Waals surface area contributed by atoms with Crippen molar-refractivity contribution >= 4 is 15.9 Å². The summed E-state index contributed by atoms with van der Waals surface area (Å²) in [6.07, 6.45) is -0.212. The van der Waals surface area contributed by atoms with Gasteiger partial charge in [-0.3, -0.25) is 0 Å². The number of nitrogens with two attached hydrogens (primary N) is 1. The number of alkyl halides is 2. The molecule has 2 rings (SSSR count). The highest BCUT2D eigenvalue weighted by molar-refractivity contribution is 9.10. The molecule has 1 aliphatic rings. The predicted molar refractivity (Wildman–Crippen MR) is 46.7 cm³/mol. The Kier molecular flexibility index (Phi) is 1.79. The SMILES string of the molecule is NCC1(c2ccc(Br)o2)CC1(F)F. The molecule has 0 amide bonds. The zero-order chi connectivity index (χ0) is 9.69. The fourth-order valence-corrected chi connectivity index (χ4v) is 1.80. The molecule has 1 fully saturated rings. The molecule has 5 heteroatoms. The van der Waals surface area contributed by atoms with Crippen molar-refractivity contribution in [1.29, 1.82) is 0 Å². The molecule has 0 spiro atoms. The number of hydrogen-bond acceptors (Lipinski definition) is 2. The highest BCUT2D eigenvalue weighted by Crippen LogP contribution is 2.61. The maximum absolute atomic E-state index is 13.0. The largest absolute Gasteiger partial charge is 0.453 e. The van der Waals surface area contributed by atoms with E-state index >= 15 is 0 Å². The maximum Gasteiger partial charge on any atom is 0.263 e. The number of hydrogen-bond donors (Lipinski definition) is 1. The number of furan rings is 1. The predicted octanol–water partition coefficient (Wildman–Crippen LogP) is 2.28. The van der Waals surface area contributed by atoms with Gasteiger partial charge in [0.1, 0.15) is 11.2 Å². The van der Waals surface area contributed by atoms with Crippen molar-refractivity contribution < 1.29 is 13.2 Å². The van der Waals surface area contributed by atoms with Crippen molar-refractivity contribution in [3.8, 4) is 0 Å². The summed E-state index contributed by atoms with van der Waals surface area (Å²) in [5, 5.41) is 0. The van der Waals surface area contributed by atoms with E-state index in [1.54, 1.807) is 6.07 Å². The van der Waals surface area contributed by atoms with Gasteiger partial charge in [0.2, 0.25) is 0 Å². The van der Waals surface area contributed by atoms with Crippen LogP contribution in [0.3, 0.4) is 0 Å². The second-order valence-electron chi connectivity index (χ2n) is 3.27. The second-order valence-corrected chi connectivity index (χ2v) is 4.05. The Hall–Kier alpha value is -0.420. The molecular formula is C8H8BrF2NO. The van der Waals surface area contributed by atoms with Crippen LogP contribution in [0.5, 0.6) is 0 Å². The van der Waals surface area contributed by atoms with Gasteiger partial charge in [0.15, 0.2) is 4.67 Å². The van der Waals surface area contributed by atoms with Gasteiger partial charge in [-0.1, -0.05) is 0 Å². The topological polar surface area (TPSA) is 39.2 Å². The Balaban J connectivity index is 2.35. The minimum Gasteiger partial charge on any atom is -0.453 e. The lowest BCUT2D eigenvalue weighted by Crippen LogP contribution is -2.26. The normalized spacial score (nSPS) is 30.5. The molecule has 72 valence electrons. The minimum atomic E-state index is -2.71. The lowest BCUT2D eigenvalue weighted by Gasteiger charge is -2.09. The minimum absolute atomic E-state index is 0.0834. The van der Waals surface area contributed by atoms with Crippen LogP contribution in [-0.2, 0) is 5.41 Å². The van der Waals surface area contributed by atoms with Gasteiger partial charge in [-0.25, -0.2) is 8.78 Å². The van der Waals surface area contributed by atoms with Gasteiger partial charge in [0, 0.05) is 13.0 Å². The van der Waals surface area contributed by atoms with E-state index in [2.05, 4.69) is 15.9 Å². The maximum atomic E-state index is 13.0. The number of rotatable bonds is 2. The highest BCUT2D eigenvalue weighted by atomic mass is 79.9. The Morgan fingerprint density at radius 1 is 1.54 bits per heavy atom. The molecule has 13 heavy (non-hydrogen) atoms. The van der Waals surface area contributed by atoms with Crippen molar-refractivity contribution in [1.82, 2.24) is 0 Å². The molecule has 0 radical (unpaired) electrons. The zero-order valence-electron chi connectivity index (χ0n) is 6.69. The van der Waals surface area contributed by atoms with Crippen LogP contribution in [0, 0.1) is 0 Å². The van der Waals surface area contributed by atoms with Gasteiger partial charge in [0.25, 0.3) is 5.92 Å². The summed E-state index contributed by atoms with van der Waals surface area (Å²) < 4.78 is 31.5. The van der Waals surface area contributed by atoms with Crippen molar-refractivity contribution in [3.05, 3.63) is 22.6 Å². The average Bonchev–Trinajstić information content (AvgIpc) is 2.43. The molecule has 1 aromatic heterocycles. The van der Waals surface area contributed by atoms with E-state index < -0.39 is 11.3 Å². The quantitative estimate of drug-likeness (QED) is 0.876. The van der Waals surface area contributed by atoms with Crippen LogP contribution in [0.1, 0.15) is 12.2 Å². The third-order valence-electron chi connectivity index (χ3n) is 2.49. The second kappa shape index (κ2) is 2.54. The molecule has 0 bridgehead atoms. The molecule has 1 atom stereocenters. The van der Waals surface area contributed by atoms with Crippen LogP contribution in [0.25, 0.3) is 0 Å². The molecule has 1 aliphatic carbocycles. The molecule has 2 nitrogen and oxygen atoms in total. The zero-order valence-corrected chi connectivity index (χ0v) is 8.27. The Labute approximate surface area is 82.2 Å². The summed E-state index contributed by atoms with van der Waals surface area (Å²) in [7, 11) is 0. The highest BCUT2D eigenvalue weighted by Gasteiger charge is 2.73. The lowest BCUT2D eigenvalue weighted by atomic mass is 10.0. The molecule has 0 aromatic carbocycles. The summed E-state index contributed by atoms with van der Waals surface area (Å²) in [6.45, 7) is -0.0834. The van der Waals surface area contributed by atoms with Crippen molar-refractivity contribution in [2.75, 3.05) is 6.54 Å². The van der Waals surface area contributed by atoms with Gasteiger partial charge >= 0.3 is 0 Å². The summed E-state index contributed by atoms with van der Waals surface area (Å²) in [5.74, 6) is -2.44. The van der Waals surface area contributed by atoms with Crippen molar-refractivity contribution in [2.45, 2.75) is 17.8 Å². The van der Waals surface area contributed by atoms with E-state index in [4.69, 9.17) is 10.2 Å². The third kappa shape index (κ3) is 1.14. The summed E-state index contributed by atoms with van der Waals surface area (Å²) in [6, 6.07) is 3.14. The lowest BCUT2D eigenvalue weighted by molar-refractivity contribution is 0.0837. The third-order valence-corrected chi connectivity index (χ3v) is 2.92. The van der Waals surface area contributed by atoms with E-state index in [-0.39, 0.29) is 18.7 Å². The van der Waals surface area contributed by atoms with Gasteiger partial charge in [-0.2, -0.15) is 0 Å². The summed E-state index contributed by atoms with van der Waals surface area (Å²) in [5.41, 5.74) is 4.08. The Morgan fingerprint density at radius 2 is 2.15 bits per heavy atom. The van der Waals surface area contributed by atoms with Crippen LogP contribution in [0.2, 0.25) is 0 Å². The van der Waals surface area contributed by atoms with E-state index in [0.29, 0.717) is 4.67 Å². The van der Waals surface area contributed by atoms with Crippen LogP contribution in [-0.4, -0.2) is 12.5 Å². The molecule has 1 aromatic rings. The van der Waals surface area contributed by atoms with E-state index in [1.165, 1.54) is 6.07 Å². The van der Waals surface area contributed by atoms with Gasteiger partial charge in [-0.15, -0.1) is 0 Å². The first-order valence-corrected chi connectivity index (χ1v) is 4.65. The van der Waals surface area contributed by atoms with Crippen molar-refractivity contribution in [2.24, 2.45) is 5.73 Å². The molecule has 2 N–H and O–H groups in total.